The van der Waals surface area contributed by atoms with Gasteiger partial charge in [-0.15, -0.1) is 0 Å². The molecule has 34 heavy (non-hydrogen) atoms. The number of carbonyl (C=O) groups is 2. The third-order valence-corrected chi connectivity index (χ3v) is 6.30. The summed E-state index contributed by atoms with van der Waals surface area (Å²) >= 11 is 0. The molecule has 4 aromatic heterocycles. The van der Waals surface area contributed by atoms with Gasteiger partial charge in [-0.1, -0.05) is 0 Å². The van der Waals surface area contributed by atoms with E-state index in [1.165, 1.54) is 0 Å². The van der Waals surface area contributed by atoms with Crippen molar-refractivity contribution in [2.45, 2.75) is 20.8 Å². The van der Waals surface area contributed by atoms with Crippen molar-refractivity contribution < 1.29 is 9.59 Å². The van der Waals surface area contributed by atoms with Gasteiger partial charge < -0.3 is 20.1 Å². The number of H-pyrrole nitrogens is 2. The van der Waals surface area contributed by atoms with Gasteiger partial charge in [0.25, 0.3) is 5.91 Å². The minimum absolute atomic E-state index is 0.108. The van der Waals surface area contributed by atoms with E-state index in [1.807, 2.05) is 43.0 Å². The first kappa shape index (κ1) is 21.6. The van der Waals surface area contributed by atoms with Crippen molar-refractivity contribution in [2.75, 3.05) is 36.4 Å². The lowest BCUT2D eigenvalue weighted by atomic mass is 10.1. The Kier molecular flexibility index (Phi) is 5.48. The molecule has 0 aliphatic carbocycles. The number of hydrogen-bond acceptors (Lipinski definition) is 6. The average molecular weight is 459 g/mol. The van der Waals surface area contributed by atoms with E-state index in [1.54, 1.807) is 19.3 Å². The zero-order chi connectivity index (χ0) is 23.8. The zero-order valence-electron chi connectivity index (χ0n) is 19.3. The van der Waals surface area contributed by atoms with E-state index in [2.05, 4.69) is 35.4 Å². The van der Waals surface area contributed by atoms with Gasteiger partial charge in [0.1, 0.15) is 11.5 Å². The van der Waals surface area contributed by atoms with E-state index < -0.39 is 0 Å². The van der Waals surface area contributed by atoms with Crippen LogP contribution in [-0.4, -0.2) is 68.0 Å². The van der Waals surface area contributed by atoms with Crippen molar-refractivity contribution in [1.29, 1.82) is 0 Å². The number of nitrogens with zero attached hydrogens (tertiary/aromatic N) is 5. The van der Waals surface area contributed by atoms with Crippen molar-refractivity contribution in [3.05, 3.63) is 53.6 Å². The molecule has 10 heteroatoms. The largest absolute Gasteiger partial charge is 0.353 e. The van der Waals surface area contributed by atoms with Gasteiger partial charge in [0.15, 0.2) is 5.69 Å². The summed E-state index contributed by atoms with van der Waals surface area (Å²) in [6.45, 7) is 8.25. The van der Waals surface area contributed by atoms with Crippen LogP contribution in [0.3, 0.4) is 0 Å². The molecule has 0 unspecified atom stereocenters. The van der Waals surface area contributed by atoms with E-state index in [4.69, 9.17) is 0 Å². The maximum Gasteiger partial charge on any atom is 0.276 e. The monoisotopic (exact) mass is 458 g/mol. The quantitative estimate of drug-likeness (QED) is 0.432. The lowest BCUT2D eigenvalue weighted by molar-refractivity contribution is -0.129. The van der Waals surface area contributed by atoms with Gasteiger partial charge in [0.05, 0.1) is 11.9 Å². The normalized spacial score (nSPS) is 14.0. The molecule has 174 valence electrons. The Balaban J connectivity index is 1.35. The molecule has 4 aromatic rings. The molecule has 0 spiro atoms. The van der Waals surface area contributed by atoms with Crippen LogP contribution in [0.15, 0.2) is 36.7 Å². The highest BCUT2D eigenvalue weighted by atomic mass is 16.2. The van der Waals surface area contributed by atoms with E-state index in [9.17, 15) is 9.59 Å². The van der Waals surface area contributed by atoms with E-state index in [0.717, 1.165) is 52.5 Å². The predicted molar refractivity (Wildman–Crippen MR) is 130 cm³/mol. The molecule has 0 atom stereocenters. The molecule has 3 N–H and O–H groups in total. The molecular weight excluding hydrogens is 432 g/mol. The van der Waals surface area contributed by atoms with Crippen LogP contribution in [0.5, 0.6) is 0 Å². The molecule has 1 saturated heterocycles. The highest BCUT2D eigenvalue weighted by molar-refractivity contribution is 6.04. The summed E-state index contributed by atoms with van der Waals surface area (Å²) in [6, 6.07) is 7.89. The fraction of sp³-hybridized carbons (Fsp3) is 0.292. The molecule has 0 aromatic carbocycles. The molecule has 0 bridgehead atoms. The summed E-state index contributed by atoms with van der Waals surface area (Å²) in [4.78, 5) is 40.6. The molecule has 1 aliphatic rings. The molecule has 1 aliphatic heterocycles. The fourth-order valence-corrected chi connectivity index (χ4v) is 4.14. The lowest BCUT2D eigenvalue weighted by Gasteiger charge is -2.35. The summed E-state index contributed by atoms with van der Waals surface area (Å²) in [5, 5.41) is 10.7. The third-order valence-electron chi connectivity index (χ3n) is 6.30. The molecule has 0 saturated carbocycles. The highest BCUT2D eigenvalue weighted by Crippen LogP contribution is 2.27. The number of pyridine rings is 2. The summed E-state index contributed by atoms with van der Waals surface area (Å²) in [7, 11) is 0. The van der Waals surface area contributed by atoms with Crippen LogP contribution in [0.2, 0.25) is 0 Å². The van der Waals surface area contributed by atoms with Crippen LogP contribution in [0, 0.1) is 13.8 Å². The van der Waals surface area contributed by atoms with E-state index in [0.29, 0.717) is 24.5 Å². The minimum Gasteiger partial charge on any atom is -0.353 e. The number of rotatable bonds is 4. The highest BCUT2D eigenvalue weighted by Gasteiger charge is 2.20. The predicted octanol–water partition coefficient (Wildman–Crippen LogP) is 2.89. The van der Waals surface area contributed by atoms with Crippen LogP contribution in [-0.2, 0) is 4.79 Å². The first-order valence-corrected chi connectivity index (χ1v) is 11.2. The number of aromatic amines is 2. The zero-order valence-corrected chi connectivity index (χ0v) is 19.3. The third kappa shape index (κ3) is 4.09. The number of aromatic nitrogens is 5. The van der Waals surface area contributed by atoms with Gasteiger partial charge in [0, 0.05) is 67.2 Å². The Morgan fingerprint density at radius 1 is 1.06 bits per heavy atom. The maximum absolute atomic E-state index is 12.6. The Hall–Kier alpha value is -4.21. The summed E-state index contributed by atoms with van der Waals surface area (Å²) in [5.41, 5.74) is 5.30. The number of aryl methyl sites for hydroxylation is 1. The first-order valence-electron chi connectivity index (χ1n) is 11.2. The van der Waals surface area contributed by atoms with Gasteiger partial charge in [-0.05, 0) is 38.1 Å². The smallest absolute Gasteiger partial charge is 0.276 e. The maximum atomic E-state index is 12.6. The van der Waals surface area contributed by atoms with Gasteiger partial charge in [-0.25, -0.2) is 9.97 Å². The molecular formula is C24H26N8O2. The van der Waals surface area contributed by atoms with Crippen molar-refractivity contribution in [1.82, 2.24) is 30.0 Å². The van der Waals surface area contributed by atoms with Crippen molar-refractivity contribution in [2.24, 2.45) is 0 Å². The topological polar surface area (TPSA) is 123 Å². The molecule has 10 nitrogen and oxygen atoms in total. The summed E-state index contributed by atoms with van der Waals surface area (Å²) in [6.07, 6.45) is 3.42. The number of nitrogens with one attached hydrogen (secondary N) is 3. The number of carbonyl (C=O) groups excluding carboxylic acids is 2. The van der Waals surface area contributed by atoms with Gasteiger partial charge >= 0.3 is 0 Å². The number of piperazine rings is 1. The Bertz CT molecular complexity index is 1380. The molecule has 5 rings (SSSR count). The molecule has 5 heterocycles. The standard InChI is InChI=1S/C24H26N8O2/c1-14-15(2)29-30-22(14)24(34)27-19-10-18-11-20(28-23(18)26-13-19)17-4-5-25-21(12-17)32-8-6-31(7-9-32)16(3)33/h4-5,10-13H,6-9H2,1-3H3,(H,26,28)(H,27,34)(H,29,30). The Morgan fingerprint density at radius 2 is 1.85 bits per heavy atom. The van der Waals surface area contributed by atoms with Crippen molar-refractivity contribution in [3.63, 3.8) is 0 Å². The Labute approximate surface area is 196 Å². The second-order valence-electron chi connectivity index (χ2n) is 8.52. The average Bonchev–Trinajstić information content (AvgIpc) is 3.42. The number of anilines is 2. The van der Waals surface area contributed by atoms with Crippen LogP contribution in [0.4, 0.5) is 11.5 Å². The number of hydrogen-bond donors (Lipinski definition) is 3. The SMILES string of the molecule is CC(=O)N1CCN(c2cc(-c3cc4cc(NC(=O)c5n[nH]c(C)c5C)cnc4[nH]3)ccn2)CC1. The van der Waals surface area contributed by atoms with Gasteiger partial charge in [-0.3, -0.25) is 14.7 Å². The molecule has 1 fully saturated rings. The number of fused-ring (bicyclic) bond motifs is 1. The van der Waals surface area contributed by atoms with E-state index >= 15 is 0 Å². The molecule has 2 amide bonds. The van der Waals surface area contributed by atoms with Crippen LogP contribution in [0.1, 0.15) is 28.7 Å². The van der Waals surface area contributed by atoms with Crippen molar-refractivity contribution in [3.8, 4) is 11.3 Å². The molecule has 0 radical (unpaired) electrons. The minimum atomic E-state index is -0.276. The van der Waals surface area contributed by atoms with Crippen LogP contribution in [0.25, 0.3) is 22.3 Å². The second kappa shape index (κ2) is 8.62. The number of amides is 2. The van der Waals surface area contributed by atoms with Gasteiger partial charge in [-0.2, -0.15) is 5.10 Å². The van der Waals surface area contributed by atoms with Crippen LogP contribution >= 0.6 is 0 Å². The lowest BCUT2D eigenvalue weighted by Crippen LogP contribution is -2.48. The fourth-order valence-electron chi connectivity index (χ4n) is 4.14. The van der Waals surface area contributed by atoms with Crippen molar-refractivity contribution >= 4 is 34.4 Å². The summed E-state index contributed by atoms with van der Waals surface area (Å²) in [5.74, 6) is 0.712. The second-order valence-corrected chi connectivity index (χ2v) is 8.52. The Morgan fingerprint density at radius 3 is 2.56 bits per heavy atom. The van der Waals surface area contributed by atoms with Gasteiger partial charge in [0.2, 0.25) is 5.91 Å². The first-order chi connectivity index (χ1) is 16.4. The van der Waals surface area contributed by atoms with E-state index in [-0.39, 0.29) is 11.8 Å². The van der Waals surface area contributed by atoms with Crippen LogP contribution < -0.4 is 10.2 Å². The summed E-state index contributed by atoms with van der Waals surface area (Å²) < 4.78 is 0.